The average Bonchev–Trinajstić information content (AvgIpc) is 3.26. The van der Waals surface area contributed by atoms with Gasteiger partial charge in [-0.3, -0.25) is 9.59 Å². The number of carbonyl (C=O) groups excluding carboxylic acids is 2. The summed E-state index contributed by atoms with van der Waals surface area (Å²) in [4.78, 5) is 28.3. The van der Waals surface area contributed by atoms with Gasteiger partial charge in [0.25, 0.3) is 11.8 Å². The number of aromatic nitrogens is 1. The molecule has 1 aliphatic heterocycles. The Kier molecular flexibility index (Phi) is 3.76. The number of amides is 2. The first-order chi connectivity index (χ1) is 12.1. The van der Waals surface area contributed by atoms with Gasteiger partial charge >= 0.3 is 0 Å². The first kappa shape index (κ1) is 15.4. The van der Waals surface area contributed by atoms with Crippen molar-refractivity contribution < 1.29 is 18.5 Å². The molecule has 2 amide bonds. The molecule has 7 nitrogen and oxygen atoms in total. The van der Waals surface area contributed by atoms with Crippen molar-refractivity contribution in [2.75, 3.05) is 26.2 Å². The van der Waals surface area contributed by atoms with Crippen molar-refractivity contribution in [2.45, 2.75) is 6.92 Å². The number of rotatable bonds is 2. The maximum atomic E-state index is 12.6. The molecule has 25 heavy (non-hydrogen) atoms. The number of piperazine rings is 1. The van der Waals surface area contributed by atoms with Gasteiger partial charge in [0.1, 0.15) is 5.58 Å². The van der Waals surface area contributed by atoms with Gasteiger partial charge < -0.3 is 18.7 Å². The normalized spacial score (nSPS) is 14.9. The number of nitrogens with zero attached hydrogens (tertiary/aromatic N) is 3. The van der Waals surface area contributed by atoms with Crippen LogP contribution < -0.4 is 0 Å². The van der Waals surface area contributed by atoms with E-state index in [0.29, 0.717) is 43.2 Å². The van der Waals surface area contributed by atoms with E-state index in [4.69, 9.17) is 8.94 Å². The number of carbonyl (C=O) groups is 2. The Hall–Kier alpha value is -3.09. The van der Waals surface area contributed by atoms with Crippen molar-refractivity contribution in [3.05, 3.63) is 53.6 Å². The van der Waals surface area contributed by atoms with E-state index in [0.717, 1.165) is 5.39 Å². The number of furan rings is 1. The predicted octanol–water partition coefficient (Wildman–Crippen LogP) is 2.33. The van der Waals surface area contributed by atoms with E-state index < -0.39 is 0 Å². The summed E-state index contributed by atoms with van der Waals surface area (Å²) in [6.07, 6.45) is 0. The Balaban J connectivity index is 1.42. The molecule has 3 aromatic rings. The third-order valence-corrected chi connectivity index (χ3v) is 4.33. The highest BCUT2D eigenvalue weighted by molar-refractivity contribution is 5.96. The second-order valence-corrected chi connectivity index (χ2v) is 6.07. The molecule has 3 heterocycles. The zero-order valence-electron chi connectivity index (χ0n) is 13.8. The fourth-order valence-electron chi connectivity index (χ4n) is 2.98. The molecule has 1 aliphatic rings. The summed E-state index contributed by atoms with van der Waals surface area (Å²) >= 11 is 0. The monoisotopic (exact) mass is 339 g/mol. The number of hydrogen-bond acceptors (Lipinski definition) is 5. The molecular weight excluding hydrogens is 322 g/mol. The molecule has 0 spiro atoms. The van der Waals surface area contributed by atoms with Crippen LogP contribution in [0.1, 0.15) is 26.8 Å². The average molecular weight is 339 g/mol. The predicted molar refractivity (Wildman–Crippen MR) is 89.3 cm³/mol. The fourth-order valence-corrected chi connectivity index (χ4v) is 2.98. The first-order valence-corrected chi connectivity index (χ1v) is 8.12. The lowest BCUT2D eigenvalue weighted by atomic mass is 10.2. The van der Waals surface area contributed by atoms with Gasteiger partial charge in [0.15, 0.2) is 5.76 Å². The molecule has 2 aromatic heterocycles. The Bertz CT molecular complexity index is 902. The van der Waals surface area contributed by atoms with Gasteiger partial charge in [-0.25, -0.2) is 0 Å². The lowest BCUT2D eigenvalue weighted by Gasteiger charge is -2.33. The van der Waals surface area contributed by atoms with Crippen LogP contribution in [0.5, 0.6) is 0 Å². The molecule has 7 heteroatoms. The summed E-state index contributed by atoms with van der Waals surface area (Å²) in [5.41, 5.74) is 1.36. The van der Waals surface area contributed by atoms with E-state index >= 15 is 0 Å². The summed E-state index contributed by atoms with van der Waals surface area (Å²) in [5, 5.41) is 4.64. The van der Waals surface area contributed by atoms with Crippen molar-refractivity contribution in [1.82, 2.24) is 15.0 Å². The van der Waals surface area contributed by atoms with E-state index in [9.17, 15) is 9.59 Å². The maximum Gasteiger partial charge on any atom is 0.292 e. The third kappa shape index (κ3) is 2.88. The van der Waals surface area contributed by atoms with Crippen LogP contribution >= 0.6 is 0 Å². The van der Waals surface area contributed by atoms with Crippen LogP contribution in [0.4, 0.5) is 0 Å². The summed E-state index contributed by atoms with van der Waals surface area (Å²) in [6, 6.07) is 10.9. The molecule has 0 bridgehead atoms. The molecule has 0 saturated carbocycles. The maximum absolute atomic E-state index is 12.6. The molecule has 1 aromatic carbocycles. The quantitative estimate of drug-likeness (QED) is 0.716. The highest BCUT2D eigenvalue weighted by atomic mass is 16.5. The van der Waals surface area contributed by atoms with E-state index in [1.807, 2.05) is 24.3 Å². The van der Waals surface area contributed by atoms with E-state index in [1.165, 1.54) is 0 Å². The molecule has 128 valence electrons. The fraction of sp³-hybridized carbons (Fsp3) is 0.278. The highest BCUT2D eigenvalue weighted by Crippen LogP contribution is 2.21. The SMILES string of the molecule is Cc1cc(C(=O)N2CCN(C(=O)c3cc4ccccc4o3)CC2)on1. The molecular formula is C18H17N3O4. The highest BCUT2D eigenvalue weighted by Gasteiger charge is 2.28. The Labute approximate surface area is 143 Å². The second-order valence-electron chi connectivity index (χ2n) is 6.07. The van der Waals surface area contributed by atoms with Gasteiger partial charge in [0.2, 0.25) is 5.76 Å². The Morgan fingerprint density at radius 3 is 2.20 bits per heavy atom. The van der Waals surface area contributed by atoms with Crippen molar-refractivity contribution in [1.29, 1.82) is 0 Å². The van der Waals surface area contributed by atoms with Gasteiger partial charge in [-0.05, 0) is 19.1 Å². The van der Waals surface area contributed by atoms with Gasteiger partial charge in [-0.1, -0.05) is 23.4 Å². The van der Waals surface area contributed by atoms with Crippen LogP contribution in [0.15, 0.2) is 45.3 Å². The Morgan fingerprint density at radius 1 is 0.960 bits per heavy atom. The Morgan fingerprint density at radius 2 is 1.60 bits per heavy atom. The van der Waals surface area contributed by atoms with Crippen LogP contribution in [0.2, 0.25) is 0 Å². The number of para-hydroxylation sites is 1. The third-order valence-electron chi connectivity index (χ3n) is 4.33. The second kappa shape index (κ2) is 6.08. The molecule has 0 aliphatic carbocycles. The smallest absolute Gasteiger partial charge is 0.292 e. The van der Waals surface area contributed by atoms with Crippen LogP contribution in [0, 0.1) is 6.92 Å². The van der Waals surface area contributed by atoms with Crippen LogP contribution in [0.25, 0.3) is 11.0 Å². The van der Waals surface area contributed by atoms with Gasteiger partial charge in [-0.15, -0.1) is 0 Å². The number of fused-ring (bicyclic) bond motifs is 1. The standard InChI is InChI=1S/C18H17N3O4/c1-12-10-16(25-19-12)18(23)21-8-6-20(7-9-21)17(22)15-11-13-4-2-3-5-14(13)24-15/h2-5,10-11H,6-9H2,1H3. The van der Waals surface area contributed by atoms with Gasteiger partial charge in [-0.2, -0.15) is 0 Å². The summed E-state index contributed by atoms with van der Waals surface area (Å²) in [5.74, 6) is 0.205. The van der Waals surface area contributed by atoms with Gasteiger partial charge in [0.05, 0.1) is 5.69 Å². The van der Waals surface area contributed by atoms with Crippen molar-refractivity contribution in [3.63, 3.8) is 0 Å². The lowest BCUT2D eigenvalue weighted by molar-refractivity contribution is 0.0498. The molecule has 1 fully saturated rings. The molecule has 0 N–H and O–H groups in total. The van der Waals surface area contributed by atoms with Gasteiger partial charge in [0, 0.05) is 37.6 Å². The van der Waals surface area contributed by atoms with Crippen molar-refractivity contribution in [2.24, 2.45) is 0 Å². The number of hydrogen-bond donors (Lipinski definition) is 0. The zero-order chi connectivity index (χ0) is 17.4. The zero-order valence-corrected chi connectivity index (χ0v) is 13.8. The van der Waals surface area contributed by atoms with Crippen molar-refractivity contribution >= 4 is 22.8 Å². The number of benzene rings is 1. The molecule has 4 rings (SSSR count). The van der Waals surface area contributed by atoms with E-state index in [2.05, 4.69) is 5.16 Å². The molecule has 0 unspecified atom stereocenters. The summed E-state index contributed by atoms with van der Waals surface area (Å²) < 4.78 is 10.7. The van der Waals surface area contributed by atoms with Crippen LogP contribution in [-0.2, 0) is 0 Å². The minimum Gasteiger partial charge on any atom is -0.451 e. The molecule has 0 radical (unpaired) electrons. The molecule has 1 saturated heterocycles. The molecule has 0 atom stereocenters. The van der Waals surface area contributed by atoms with Crippen LogP contribution in [-0.4, -0.2) is 52.9 Å². The van der Waals surface area contributed by atoms with Crippen molar-refractivity contribution in [3.8, 4) is 0 Å². The van der Waals surface area contributed by atoms with E-state index in [1.54, 1.807) is 28.9 Å². The first-order valence-electron chi connectivity index (χ1n) is 8.12. The number of aryl methyl sites for hydroxylation is 1. The summed E-state index contributed by atoms with van der Waals surface area (Å²) in [6.45, 7) is 3.57. The minimum absolute atomic E-state index is 0.154. The summed E-state index contributed by atoms with van der Waals surface area (Å²) in [7, 11) is 0. The topological polar surface area (TPSA) is 79.8 Å². The minimum atomic E-state index is -0.198. The largest absolute Gasteiger partial charge is 0.451 e. The van der Waals surface area contributed by atoms with Crippen LogP contribution in [0.3, 0.4) is 0 Å². The van der Waals surface area contributed by atoms with E-state index in [-0.39, 0.29) is 17.6 Å². The lowest BCUT2D eigenvalue weighted by Crippen LogP contribution is -2.50.